The van der Waals surface area contributed by atoms with Gasteiger partial charge in [-0.2, -0.15) is 0 Å². The molecule has 0 aliphatic heterocycles. The largest absolute Gasteiger partial charge is 0.467 e. The molecule has 0 aliphatic rings. The minimum Gasteiger partial charge on any atom is -0.467 e. The van der Waals surface area contributed by atoms with Crippen LogP contribution in [0, 0.1) is 5.82 Å². The molecule has 0 saturated carbocycles. The van der Waals surface area contributed by atoms with Gasteiger partial charge in [0, 0.05) is 11.3 Å². The Morgan fingerprint density at radius 1 is 1.04 bits per heavy atom. The van der Waals surface area contributed by atoms with E-state index in [1.54, 1.807) is 12.1 Å². The second-order valence-corrected chi connectivity index (χ2v) is 7.08. The fourth-order valence-electron chi connectivity index (χ4n) is 2.22. The monoisotopic (exact) mass is 374 g/mol. The summed E-state index contributed by atoms with van der Waals surface area (Å²) in [6, 6.07) is 14.0. The lowest BCUT2D eigenvalue weighted by Crippen LogP contribution is -2.23. The fourth-order valence-corrected chi connectivity index (χ4v) is 3.32. The van der Waals surface area contributed by atoms with Crippen LogP contribution in [0.15, 0.2) is 76.2 Å². The SMILES string of the molecule is O=C(NCc1ccco1)c1cccc(S(=O)(=O)Nc2ccc(F)cc2)c1. The number of carbonyl (C=O) groups is 1. The number of sulfonamides is 1. The van der Waals surface area contributed by atoms with Crippen LogP contribution in [0.25, 0.3) is 0 Å². The molecule has 3 aromatic rings. The number of amides is 1. The first-order chi connectivity index (χ1) is 12.4. The molecule has 3 rings (SSSR count). The van der Waals surface area contributed by atoms with Crippen LogP contribution in [0.4, 0.5) is 10.1 Å². The average Bonchev–Trinajstić information content (AvgIpc) is 3.15. The van der Waals surface area contributed by atoms with E-state index in [4.69, 9.17) is 4.42 Å². The maximum Gasteiger partial charge on any atom is 0.261 e. The van der Waals surface area contributed by atoms with Crippen LogP contribution in [-0.2, 0) is 16.6 Å². The highest BCUT2D eigenvalue weighted by molar-refractivity contribution is 7.92. The average molecular weight is 374 g/mol. The molecule has 26 heavy (non-hydrogen) atoms. The third-order valence-electron chi connectivity index (χ3n) is 3.51. The zero-order valence-corrected chi connectivity index (χ0v) is 14.3. The molecule has 2 aromatic carbocycles. The number of halogens is 1. The van der Waals surface area contributed by atoms with E-state index in [2.05, 4.69) is 10.0 Å². The lowest BCUT2D eigenvalue weighted by molar-refractivity contribution is 0.0948. The summed E-state index contributed by atoms with van der Waals surface area (Å²) in [5, 5.41) is 2.65. The van der Waals surface area contributed by atoms with Crippen molar-refractivity contribution in [3.63, 3.8) is 0 Å². The third-order valence-corrected chi connectivity index (χ3v) is 4.89. The number of nitrogens with one attached hydrogen (secondary N) is 2. The normalized spacial score (nSPS) is 11.1. The summed E-state index contributed by atoms with van der Waals surface area (Å²) in [6.45, 7) is 0.191. The van der Waals surface area contributed by atoms with Gasteiger partial charge in [0.2, 0.25) is 0 Å². The van der Waals surface area contributed by atoms with E-state index in [0.29, 0.717) is 5.76 Å². The highest BCUT2D eigenvalue weighted by atomic mass is 32.2. The second kappa shape index (κ2) is 7.40. The van der Waals surface area contributed by atoms with Gasteiger partial charge in [-0.15, -0.1) is 0 Å². The predicted octanol–water partition coefficient (Wildman–Crippen LogP) is 3.15. The lowest BCUT2D eigenvalue weighted by atomic mass is 10.2. The van der Waals surface area contributed by atoms with Crippen molar-refractivity contribution in [3.8, 4) is 0 Å². The topological polar surface area (TPSA) is 88.4 Å². The Morgan fingerprint density at radius 2 is 1.81 bits per heavy atom. The number of hydrogen-bond donors (Lipinski definition) is 2. The zero-order chi connectivity index (χ0) is 18.6. The van der Waals surface area contributed by atoms with Crippen molar-refractivity contribution in [1.82, 2.24) is 5.32 Å². The van der Waals surface area contributed by atoms with Crippen molar-refractivity contribution >= 4 is 21.6 Å². The molecule has 0 radical (unpaired) electrons. The smallest absolute Gasteiger partial charge is 0.261 e. The van der Waals surface area contributed by atoms with Gasteiger partial charge in [0.15, 0.2) is 0 Å². The summed E-state index contributed by atoms with van der Waals surface area (Å²) in [5.74, 6) is -0.316. The molecular formula is C18H15FN2O4S. The molecule has 6 nitrogen and oxygen atoms in total. The number of hydrogen-bond acceptors (Lipinski definition) is 4. The van der Waals surface area contributed by atoms with Gasteiger partial charge in [-0.3, -0.25) is 9.52 Å². The molecule has 1 aromatic heterocycles. The fraction of sp³-hybridized carbons (Fsp3) is 0.0556. The molecule has 1 amide bonds. The molecule has 0 bridgehead atoms. The Hall–Kier alpha value is -3.13. The molecule has 0 aliphatic carbocycles. The van der Waals surface area contributed by atoms with Crippen LogP contribution in [-0.4, -0.2) is 14.3 Å². The van der Waals surface area contributed by atoms with E-state index in [9.17, 15) is 17.6 Å². The molecule has 2 N–H and O–H groups in total. The Bertz CT molecular complexity index is 1000. The summed E-state index contributed by atoms with van der Waals surface area (Å²) in [7, 11) is -3.91. The first-order valence-electron chi connectivity index (χ1n) is 7.63. The van der Waals surface area contributed by atoms with Gasteiger partial charge in [-0.1, -0.05) is 6.07 Å². The van der Waals surface area contributed by atoms with Crippen LogP contribution >= 0.6 is 0 Å². The van der Waals surface area contributed by atoms with E-state index in [-0.39, 0.29) is 22.7 Å². The van der Waals surface area contributed by atoms with Gasteiger partial charge in [-0.25, -0.2) is 12.8 Å². The minimum atomic E-state index is -3.91. The zero-order valence-electron chi connectivity index (χ0n) is 13.5. The number of carbonyl (C=O) groups excluding carboxylic acids is 1. The number of benzene rings is 2. The molecule has 0 unspecified atom stereocenters. The molecule has 0 spiro atoms. The van der Waals surface area contributed by atoms with E-state index < -0.39 is 21.7 Å². The highest BCUT2D eigenvalue weighted by Crippen LogP contribution is 2.17. The van der Waals surface area contributed by atoms with Crippen LogP contribution in [0.3, 0.4) is 0 Å². The Kier molecular flexibility index (Phi) is 5.04. The van der Waals surface area contributed by atoms with Crippen molar-refractivity contribution in [1.29, 1.82) is 0 Å². The Labute approximate surface area is 149 Å². The molecule has 0 fully saturated rings. The Balaban J connectivity index is 1.74. The summed E-state index contributed by atoms with van der Waals surface area (Å²) in [6.07, 6.45) is 1.50. The van der Waals surface area contributed by atoms with Crippen molar-refractivity contribution in [3.05, 3.63) is 84.1 Å². The maximum absolute atomic E-state index is 12.9. The van der Waals surface area contributed by atoms with Crippen molar-refractivity contribution in [2.45, 2.75) is 11.4 Å². The molecule has 0 saturated heterocycles. The van der Waals surface area contributed by atoms with Crippen LogP contribution in [0.5, 0.6) is 0 Å². The van der Waals surface area contributed by atoms with E-state index in [0.717, 1.165) is 12.1 Å². The predicted molar refractivity (Wildman–Crippen MR) is 93.5 cm³/mol. The third kappa shape index (κ3) is 4.28. The summed E-state index contributed by atoms with van der Waals surface area (Å²) in [5.41, 5.74) is 0.414. The number of anilines is 1. The van der Waals surface area contributed by atoms with Crippen molar-refractivity contribution < 1.29 is 22.0 Å². The van der Waals surface area contributed by atoms with Gasteiger partial charge < -0.3 is 9.73 Å². The van der Waals surface area contributed by atoms with Gasteiger partial charge in [-0.05, 0) is 54.6 Å². The number of furan rings is 1. The van der Waals surface area contributed by atoms with Gasteiger partial charge in [0.1, 0.15) is 11.6 Å². The second-order valence-electron chi connectivity index (χ2n) is 5.40. The van der Waals surface area contributed by atoms with Gasteiger partial charge >= 0.3 is 0 Å². The summed E-state index contributed by atoms with van der Waals surface area (Å²) >= 11 is 0. The summed E-state index contributed by atoms with van der Waals surface area (Å²) in [4.78, 5) is 12.1. The molecule has 1 heterocycles. The van der Waals surface area contributed by atoms with Crippen molar-refractivity contribution in [2.24, 2.45) is 0 Å². The quantitative estimate of drug-likeness (QED) is 0.694. The first kappa shape index (κ1) is 17.7. The van der Waals surface area contributed by atoms with Crippen LogP contribution in [0.1, 0.15) is 16.1 Å². The molecule has 0 atom stereocenters. The lowest BCUT2D eigenvalue weighted by Gasteiger charge is -2.09. The standard InChI is InChI=1S/C18H15FN2O4S/c19-14-6-8-15(9-7-14)21-26(23,24)17-5-1-3-13(11-17)18(22)20-12-16-4-2-10-25-16/h1-11,21H,12H2,(H,20,22). The summed E-state index contributed by atoms with van der Waals surface area (Å²) < 4.78 is 45.3. The van der Waals surface area contributed by atoms with Crippen molar-refractivity contribution in [2.75, 3.05) is 4.72 Å². The maximum atomic E-state index is 12.9. The van der Waals surface area contributed by atoms with E-state index in [1.165, 1.54) is 42.7 Å². The van der Waals surface area contributed by atoms with Gasteiger partial charge in [0.05, 0.1) is 17.7 Å². The number of rotatable bonds is 6. The molecular weight excluding hydrogens is 359 g/mol. The molecule has 134 valence electrons. The Morgan fingerprint density at radius 3 is 2.50 bits per heavy atom. The molecule has 8 heteroatoms. The first-order valence-corrected chi connectivity index (χ1v) is 9.11. The van der Waals surface area contributed by atoms with E-state index in [1.807, 2.05) is 0 Å². The van der Waals surface area contributed by atoms with Crippen LogP contribution < -0.4 is 10.0 Å². The highest BCUT2D eigenvalue weighted by Gasteiger charge is 2.16. The van der Waals surface area contributed by atoms with E-state index >= 15 is 0 Å². The van der Waals surface area contributed by atoms with Crippen LogP contribution in [0.2, 0.25) is 0 Å². The minimum absolute atomic E-state index is 0.0764. The van der Waals surface area contributed by atoms with Gasteiger partial charge in [0.25, 0.3) is 15.9 Å².